The average Bonchev–Trinajstić information content (AvgIpc) is 2.95. The number of halogens is 3. The number of carbonyl (C=O) groups is 1. The fourth-order valence-electron chi connectivity index (χ4n) is 2.19. The molecule has 0 aliphatic rings. The number of nitrogens with one attached hydrogen (secondary N) is 2. The van der Waals surface area contributed by atoms with Gasteiger partial charge in [0.2, 0.25) is 5.91 Å². The zero-order valence-corrected chi connectivity index (χ0v) is 14.0. The molecule has 3 rings (SSSR count). The summed E-state index contributed by atoms with van der Waals surface area (Å²) in [5, 5.41) is 2.66. The molecule has 25 heavy (non-hydrogen) atoms. The van der Waals surface area contributed by atoms with Crippen LogP contribution in [0, 0.1) is 17.5 Å². The number of H-pyrrole nitrogens is 1. The first-order chi connectivity index (χ1) is 11.9. The number of carbonyl (C=O) groups excluding carboxylic acids is 1. The summed E-state index contributed by atoms with van der Waals surface area (Å²) in [6.07, 6.45) is 0. The molecule has 0 bridgehead atoms. The van der Waals surface area contributed by atoms with Gasteiger partial charge in [-0.3, -0.25) is 4.79 Å². The lowest BCUT2D eigenvalue weighted by Gasteiger charge is -2.10. The molecule has 0 saturated carbocycles. The number of aromatic nitrogens is 2. The Kier molecular flexibility index (Phi) is 4.98. The van der Waals surface area contributed by atoms with E-state index in [2.05, 4.69) is 15.3 Å². The van der Waals surface area contributed by atoms with Gasteiger partial charge in [0.05, 0.1) is 16.3 Å². The van der Waals surface area contributed by atoms with Gasteiger partial charge in [-0.05, 0) is 24.6 Å². The Labute approximate surface area is 145 Å². The standard InChI is InChI=1S/C17H14F3N3OS/c1-9(16(24)21-8-10-2-4-11(18)5-3-10)25-17-22-14-6-12(19)13(20)7-15(14)23-17/h2-7,9H,8H2,1H3,(H,21,24)(H,22,23). The molecule has 2 N–H and O–H groups in total. The van der Waals surface area contributed by atoms with Crippen molar-refractivity contribution in [2.45, 2.75) is 23.9 Å². The van der Waals surface area contributed by atoms with Gasteiger partial charge in [-0.1, -0.05) is 23.9 Å². The topological polar surface area (TPSA) is 57.8 Å². The normalized spacial score (nSPS) is 12.3. The van der Waals surface area contributed by atoms with Crippen LogP contribution in [0.2, 0.25) is 0 Å². The maximum absolute atomic E-state index is 13.2. The maximum atomic E-state index is 13.2. The first-order valence-electron chi connectivity index (χ1n) is 7.46. The number of nitrogens with zero attached hydrogens (tertiary/aromatic N) is 1. The molecule has 0 radical (unpaired) electrons. The Balaban J connectivity index is 1.62. The fraction of sp³-hybridized carbons (Fsp3) is 0.176. The van der Waals surface area contributed by atoms with Gasteiger partial charge in [-0.2, -0.15) is 0 Å². The summed E-state index contributed by atoms with van der Waals surface area (Å²) in [5.41, 5.74) is 1.43. The van der Waals surface area contributed by atoms with Crippen molar-refractivity contribution in [1.82, 2.24) is 15.3 Å². The van der Waals surface area contributed by atoms with Crippen LogP contribution < -0.4 is 5.32 Å². The summed E-state index contributed by atoms with van der Waals surface area (Å²) >= 11 is 1.14. The van der Waals surface area contributed by atoms with E-state index in [1.807, 2.05) is 0 Å². The third-order valence-electron chi connectivity index (χ3n) is 3.54. The summed E-state index contributed by atoms with van der Waals surface area (Å²) in [6, 6.07) is 7.87. The summed E-state index contributed by atoms with van der Waals surface area (Å²) in [5.74, 6) is -2.50. The summed E-state index contributed by atoms with van der Waals surface area (Å²) < 4.78 is 39.3. The van der Waals surface area contributed by atoms with Crippen molar-refractivity contribution in [2.24, 2.45) is 0 Å². The number of fused-ring (bicyclic) bond motifs is 1. The van der Waals surface area contributed by atoms with Crippen LogP contribution in [0.5, 0.6) is 0 Å². The number of hydrogen-bond acceptors (Lipinski definition) is 3. The lowest BCUT2D eigenvalue weighted by atomic mass is 10.2. The van der Waals surface area contributed by atoms with Crippen LogP contribution in [0.15, 0.2) is 41.6 Å². The molecule has 0 aliphatic heterocycles. The highest BCUT2D eigenvalue weighted by atomic mass is 32.2. The average molecular weight is 365 g/mol. The van der Waals surface area contributed by atoms with E-state index in [0.717, 1.165) is 29.5 Å². The zero-order chi connectivity index (χ0) is 18.0. The van der Waals surface area contributed by atoms with Crippen molar-refractivity contribution in [2.75, 3.05) is 0 Å². The minimum absolute atomic E-state index is 0.229. The SMILES string of the molecule is CC(Sc1nc2cc(F)c(F)cc2[nH]1)C(=O)NCc1ccc(F)cc1. The van der Waals surface area contributed by atoms with Gasteiger partial charge in [0.1, 0.15) is 5.82 Å². The summed E-state index contributed by atoms with van der Waals surface area (Å²) in [7, 11) is 0. The Bertz CT molecular complexity index is 872. The van der Waals surface area contributed by atoms with E-state index in [4.69, 9.17) is 0 Å². The minimum atomic E-state index is -0.972. The van der Waals surface area contributed by atoms with E-state index < -0.39 is 16.9 Å². The predicted molar refractivity (Wildman–Crippen MR) is 89.6 cm³/mol. The van der Waals surface area contributed by atoms with Crippen molar-refractivity contribution < 1.29 is 18.0 Å². The van der Waals surface area contributed by atoms with E-state index >= 15 is 0 Å². The molecule has 1 heterocycles. The number of benzene rings is 2. The molecule has 1 unspecified atom stereocenters. The Morgan fingerprint density at radius 1 is 1.20 bits per heavy atom. The molecule has 3 aromatic rings. The number of aromatic amines is 1. The molecule has 1 amide bonds. The van der Waals surface area contributed by atoms with Gasteiger partial charge < -0.3 is 10.3 Å². The second-order valence-corrected chi connectivity index (χ2v) is 6.76. The zero-order valence-electron chi connectivity index (χ0n) is 13.1. The van der Waals surface area contributed by atoms with Crippen molar-refractivity contribution in [3.8, 4) is 0 Å². The molecule has 8 heteroatoms. The molecule has 4 nitrogen and oxygen atoms in total. The van der Waals surface area contributed by atoms with E-state index in [1.54, 1.807) is 19.1 Å². The van der Waals surface area contributed by atoms with Crippen molar-refractivity contribution in [3.63, 3.8) is 0 Å². The van der Waals surface area contributed by atoms with Gasteiger partial charge in [-0.25, -0.2) is 18.2 Å². The Hall–Kier alpha value is -2.48. The molecule has 130 valence electrons. The second-order valence-electron chi connectivity index (χ2n) is 5.43. The quantitative estimate of drug-likeness (QED) is 0.677. The highest BCUT2D eigenvalue weighted by molar-refractivity contribution is 8.00. The number of thioether (sulfide) groups is 1. The van der Waals surface area contributed by atoms with Crippen LogP contribution in [0.1, 0.15) is 12.5 Å². The van der Waals surface area contributed by atoms with Gasteiger partial charge in [0, 0.05) is 18.7 Å². The molecular formula is C17H14F3N3OS. The molecule has 2 aromatic carbocycles. The molecule has 1 atom stereocenters. The van der Waals surface area contributed by atoms with E-state index in [1.165, 1.54) is 12.1 Å². The molecule has 1 aromatic heterocycles. The number of hydrogen-bond donors (Lipinski definition) is 2. The molecule has 0 fully saturated rings. The van der Waals surface area contributed by atoms with Crippen molar-refractivity contribution >= 4 is 28.7 Å². The van der Waals surface area contributed by atoms with E-state index in [-0.39, 0.29) is 18.3 Å². The van der Waals surface area contributed by atoms with E-state index in [0.29, 0.717) is 16.2 Å². The lowest BCUT2D eigenvalue weighted by Crippen LogP contribution is -2.30. The minimum Gasteiger partial charge on any atom is -0.351 e. The molecule has 0 saturated heterocycles. The Morgan fingerprint density at radius 3 is 2.60 bits per heavy atom. The van der Waals surface area contributed by atoms with Gasteiger partial charge in [0.25, 0.3) is 0 Å². The molecular weight excluding hydrogens is 351 g/mol. The number of rotatable bonds is 5. The van der Waals surface area contributed by atoms with E-state index in [9.17, 15) is 18.0 Å². The predicted octanol–water partition coefficient (Wildman–Crippen LogP) is 3.78. The highest BCUT2D eigenvalue weighted by Crippen LogP contribution is 2.25. The van der Waals surface area contributed by atoms with Crippen LogP contribution in [0.25, 0.3) is 11.0 Å². The highest BCUT2D eigenvalue weighted by Gasteiger charge is 2.17. The van der Waals surface area contributed by atoms with Gasteiger partial charge in [0.15, 0.2) is 16.8 Å². The third kappa shape index (κ3) is 4.14. The van der Waals surface area contributed by atoms with Gasteiger partial charge >= 0.3 is 0 Å². The molecule has 0 spiro atoms. The van der Waals surface area contributed by atoms with Crippen molar-refractivity contribution in [1.29, 1.82) is 0 Å². The maximum Gasteiger partial charge on any atom is 0.233 e. The first kappa shape index (κ1) is 17.3. The molecule has 0 aliphatic carbocycles. The fourth-order valence-corrected chi connectivity index (χ4v) is 3.04. The van der Waals surface area contributed by atoms with Gasteiger partial charge in [-0.15, -0.1) is 0 Å². The van der Waals surface area contributed by atoms with Crippen molar-refractivity contribution in [3.05, 3.63) is 59.4 Å². The summed E-state index contributed by atoms with van der Waals surface area (Å²) in [4.78, 5) is 19.1. The third-order valence-corrected chi connectivity index (χ3v) is 4.52. The lowest BCUT2D eigenvalue weighted by molar-refractivity contribution is -0.120. The van der Waals surface area contributed by atoms with Crippen LogP contribution in [0.4, 0.5) is 13.2 Å². The van der Waals surface area contributed by atoms with Crippen LogP contribution in [-0.2, 0) is 11.3 Å². The smallest absolute Gasteiger partial charge is 0.233 e. The van der Waals surface area contributed by atoms with Crippen LogP contribution in [0.3, 0.4) is 0 Å². The second kappa shape index (κ2) is 7.18. The monoisotopic (exact) mass is 365 g/mol. The van der Waals surface area contributed by atoms with Crippen LogP contribution in [-0.4, -0.2) is 21.1 Å². The Morgan fingerprint density at radius 2 is 1.88 bits per heavy atom. The summed E-state index contributed by atoms with van der Waals surface area (Å²) in [6.45, 7) is 1.97. The number of imidazole rings is 1. The number of amides is 1. The van der Waals surface area contributed by atoms with Crippen LogP contribution >= 0.6 is 11.8 Å². The largest absolute Gasteiger partial charge is 0.351 e. The first-order valence-corrected chi connectivity index (χ1v) is 8.34.